The Morgan fingerprint density at radius 3 is 2.94 bits per heavy atom. The van der Waals surface area contributed by atoms with E-state index >= 15 is 0 Å². The molecule has 3 N–H and O–H groups in total. The fraction of sp³-hybridized carbons (Fsp3) is 0.923. The van der Waals surface area contributed by atoms with Crippen LogP contribution in [-0.4, -0.2) is 31.7 Å². The number of carbonyl (C=O) groups excluding carboxylic acids is 1. The van der Waals surface area contributed by atoms with E-state index in [-0.39, 0.29) is 11.9 Å². The molecule has 1 fully saturated rings. The number of esters is 1. The summed E-state index contributed by atoms with van der Waals surface area (Å²) in [7, 11) is 0. The van der Waals surface area contributed by atoms with Crippen molar-refractivity contribution >= 4 is 5.97 Å². The normalized spacial score (nSPS) is 24.6. The fourth-order valence-electron chi connectivity index (χ4n) is 2.42. The van der Waals surface area contributed by atoms with Crippen molar-refractivity contribution in [2.75, 3.05) is 19.7 Å². The van der Waals surface area contributed by atoms with Crippen LogP contribution >= 0.6 is 0 Å². The van der Waals surface area contributed by atoms with E-state index in [9.17, 15) is 4.79 Å². The number of rotatable bonds is 7. The van der Waals surface area contributed by atoms with Crippen molar-refractivity contribution in [3.63, 3.8) is 0 Å². The highest BCUT2D eigenvalue weighted by atomic mass is 16.5. The SMILES string of the molecule is CCOC(=O)C1CCCC(NCCCCN)C1. The predicted molar refractivity (Wildman–Crippen MR) is 68.7 cm³/mol. The minimum atomic E-state index is -0.0130. The molecular formula is C13H26N2O2. The molecule has 0 aliphatic heterocycles. The molecule has 0 aromatic heterocycles. The van der Waals surface area contributed by atoms with Gasteiger partial charge in [-0.05, 0) is 52.1 Å². The number of ether oxygens (including phenoxy) is 1. The van der Waals surface area contributed by atoms with Gasteiger partial charge in [0.05, 0.1) is 12.5 Å². The lowest BCUT2D eigenvalue weighted by Crippen LogP contribution is -2.37. The van der Waals surface area contributed by atoms with Crippen LogP contribution < -0.4 is 11.1 Å². The molecule has 0 spiro atoms. The first-order valence-corrected chi connectivity index (χ1v) is 6.88. The number of nitrogens with one attached hydrogen (secondary N) is 1. The molecule has 0 aromatic carbocycles. The molecule has 17 heavy (non-hydrogen) atoms. The van der Waals surface area contributed by atoms with Crippen LogP contribution in [0.1, 0.15) is 45.4 Å². The van der Waals surface area contributed by atoms with Gasteiger partial charge in [0, 0.05) is 6.04 Å². The molecule has 1 aliphatic carbocycles. The third kappa shape index (κ3) is 5.50. The molecule has 0 aromatic rings. The Balaban J connectivity index is 2.21. The van der Waals surface area contributed by atoms with Gasteiger partial charge in [-0.1, -0.05) is 6.42 Å². The van der Waals surface area contributed by atoms with Crippen LogP contribution in [0.4, 0.5) is 0 Å². The third-order valence-corrected chi connectivity index (χ3v) is 3.36. The molecule has 0 radical (unpaired) electrons. The van der Waals surface area contributed by atoms with Gasteiger partial charge in [-0.2, -0.15) is 0 Å². The number of hydrogen-bond donors (Lipinski definition) is 2. The van der Waals surface area contributed by atoms with Crippen molar-refractivity contribution in [3.05, 3.63) is 0 Å². The zero-order valence-corrected chi connectivity index (χ0v) is 10.9. The van der Waals surface area contributed by atoms with Gasteiger partial charge in [-0.15, -0.1) is 0 Å². The van der Waals surface area contributed by atoms with Crippen LogP contribution in [0.25, 0.3) is 0 Å². The van der Waals surface area contributed by atoms with Gasteiger partial charge in [0.1, 0.15) is 0 Å². The minimum Gasteiger partial charge on any atom is -0.466 e. The van der Waals surface area contributed by atoms with E-state index in [4.69, 9.17) is 10.5 Å². The smallest absolute Gasteiger partial charge is 0.308 e. The summed E-state index contributed by atoms with van der Waals surface area (Å²) in [4.78, 5) is 11.7. The molecule has 4 nitrogen and oxygen atoms in total. The lowest BCUT2D eigenvalue weighted by atomic mass is 9.85. The maximum atomic E-state index is 11.7. The van der Waals surface area contributed by atoms with Crippen molar-refractivity contribution in [1.29, 1.82) is 0 Å². The molecule has 2 atom stereocenters. The van der Waals surface area contributed by atoms with Crippen molar-refractivity contribution in [3.8, 4) is 0 Å². The molecule has 0 heterocycles. The van der Waals surface area contributed by atoms with Crippen LogP contribution in [0.15, 0.2) is 0 Å². The lowest BCUT2D eigenvalue weighted by Gasteiger charge is -2.28. The molecule has 0 amide bonds. The summed E-state index contributed by atoms with van der Waals surface area (Å²) in [5.74, 6) is 0.0941. The Bertz CT molecular complexity index is 221. The quantitative estimate of drug-likeness (QED) is 0.524. The zero-order chi connectivity index (χ0) is 12.5. The minimum absolute atomic E-state index is 0.0130. The number of carbonyl (C=O) groups is 1. The topological polar surface area (TPSA) is 64.3 Å². The molecule has 1 rings (SSSR count). The molecule has 100 valence electrons. The summed E-state index contributed by atoms with van der Waals surface area (Å²) in [6, 6.07) is 0.482. The first-order chi connectivity index (χ1) is 8.27. The zero-order valence-electron chi connectivity index (χ0n) is 10.9. The van der Waals surface area contributed by atoms with E-state index in [1.807, 2.05) is 6.92 Å². The third-order valence-electron chi connectivity index (χ3n) is 3.36. The van der Waals surface area contributed by atoms with Gasteiger partial charge in [0.2, 0.25) is 0 Å². The lowest BCUT2D eigenvalue weighted by molar-refractivity contribution is -0.149. The summed E-state index contributed by atoms with van der Waals surface area (Å²) in [5.41, 5.74) is 5.45. The highest BCUT2D eigenvalue weighted by Crippen LogP contribution is 2.25. The van der Waals surface area contributed by atoms with E-state index in [0.717, 1.165) is 45.2 Å². The monoisotopic (exact) mass is 242 g/mol. The number of nitrogens with two attached hydrogens (primary N) is 1. The summed E-state index contributed by atoms with van der Waals surface area (Å²) in [6.45, 7) is 4.13. The first kappa shape index (κ1) is 14.5. The van der Waals surface area contributed by atoms with E-state index in [1.54, 1.807) is 0 Å². The van der Waals surface area contributed by atoms with E-state index in [0.29, 0.717) is 12.6 Å². The molecule has 0 bridgehead atoms. The standard InChI is InChI=1S/C13H26N2O2/c1-2-17-13(16)11-6-5-7-12(10-11)15-9-4-3-8-14/h11-12,15H,2-10,14H2,1H3. The van der Waals surface area contributed by atoms with Crippen LogP contribution in [0.2, 0.25) is 0 Å². The van der Waals surface area contributed by atoms with Gasteiger partial charge in [-0.3, -0.25) is 4.79 Å². The van der Waals surface area contributed by atoms with E-state index < -0.39 is 0 Å². The Morgan fingerprint density at radius 1 is 1.41 bits per heavy atom. The second-order valence-electron chi connectivity index (χ2n) is 4.76. The van der Waals surface area contributed by atoms with Gasteiger partial charge in [0.15, 0.2) is 0 Å². The first-order valence-electron chi connectivity index (χ1n) is 6.88. The molecule has 1 saturated carbocycles. The number of hydrogen-bond acceptors (Lipinski definition) is 4. The number of unbranched alkanes of at least 4 members (excludes halogenated alkanes) is 1. The van der Waals surface area contributed by atoms with Crippen LogP contribution in [0, 0.1) is 5.92 Å². The van der Waals surface area contributed by atoms with E-state index in [1.165, 1.54) is 6.42 Å². The molecule has 0 saturated heterocycles. The van der Waals surface area contributed by atoms with Crippen LogP contribution in [-0.2, 0) is 9.53 Å². The summed E-state index contributed by atoms with van der Waals surface area (Å²) >= 11 is 0. The maximum absolute atomic E-state index is 11.7. The van der Waals surface area contributed by atoms with Gasteiger partial charge in [-0.25, -0.2) is 0 Å². The van der Waals surface area contributed by atoms with Gasteiger partial charge in [0.25, 0.3) is 0 Å². The van der Waals surface area contributed by atoms with Crippen LogP contribution in [0.3, 0.4) is 0 Å². The Kier molecular flexibility index (Phi) is 7.21. The van der Waals surface area contributed by atoms with Crippen molar-refractivity contribution in [2.24, 2.45) is 11.7 Å². The summed E-state index contributed by atoms with van der Waals surface area (Å²) < 4.78 is 5.09. The Hall–Kier alpha value is -0.610. The fourth-order valence-corrected chi connectivity index (χ4v) is 2.42. The van der Waals surface area contributed by atoms with Gasteiger partial charge >= 0.3 is 5.97 Å². The summed E-state index contributed by atoms with van der Waals surface area (Å²) in [6.07, 6.45) is 6.41. The predicted octanol–water partition coefficient (Wildman–Crippen LogP) is 1.44. The maximum Gasteiger partial charge on any atom is 0.308 e. The Morgan fingerprint density at radius 2 is 2.24 bits per heavy atom. The van der Waals surface area contributed by atoms with Crippen LogP contribution in [0.5, 0.6) is 0 Å². The molecule has 2 unspecified atom stereocenters. The highest BCUT2D eigenvalue weighted by molar-refractivity contribution is 5.72. The molecular weight excluding hydrogens is 216 g/mol. The Labute approximate surface area is 104 Å². The van der Waals surface area contributed by atoms with Crippen molar-refractivity contribution < 1.29 is 9.53 Å². The van der Waals surface area contributed by atoms with Crippen molar-refractivity contribution in [2.45, 2.75) is 51.5 Å². The molecule has 4 heteroatoms. The second kappa shape index (κ2) is 8.48. The summed E-state index contributed by atoms with van der Waals surface area (Å²) in [5, 5.41) is 3.52. The highest BCUT2D eigenvalue weighted by Gasteiger charge is 2.27. The average molecular weight is 242 g/mol. The largest absolute Gasteiger partial charge is 0.466 e. The average Bonchev–Trinajstić information content (AvgIpc) is 2.35. The van der Waals surface area contributed by atoms with E-state index in [2.05, 4.69) is 5.32 Å². The molecule has 1 aliphatic rings. The van der Waals surface area contributed by atoms with Crippen molar-refractivity contribution in [1.82, 2.24) is 5.32 Å². The van der Waals surface area contributed by atoms with Gasteiger partial charge < -0.3 is 15.8 Å². The second-order valence-corrected chi connectivity index (χ2v) is 4.76.